The Kier molecular flexibility index (Phi) is 4.27. The molecule has 3 nitrogen and oxygen atoms in total. The number of nitrogens with zero attached hydrogens (tertiary/aromatic N) is 1. The van der Waals surface area contributed by atoms with Crippen molar-refractivity contribution in [3.63, 3.8) is 0 Å². The summed E-state index contributed by atoms with van der Waals surface area (Å²) in [6, 6.07) is 0.615. The Balaban J connectivity index is 1.51. The van der Waals surface area contributed by atoms with Crippen LogP contribution in [0.25, 0.3) is 0 Å². The number of fused-ring (bicyclic) bond motifs is 2. The fourth-order valence-corrected chi connectivity index (χ4v) is 6.15. The van der Waals surface area contributed by atoms with Gasteiger partial charge in [-0.3, -0.25) is 9.69 Å². The first-order chi connectivity index (χ1) is 11.5. The minimum absolute atomic E-state index is 0.0793. The topological polar surface area (TPSA) is 29.5 Å². The van der Waals surface area contributed by atoms with Crippen molar-refractivity contribution in [3.05, 3.63) is 12.2 Å². The average molecular weight is 332 g/mol. The van der Waals surface area contributed by atoms with Crippen LogP contribution in [-0.4, -0.2) is 36.1 Å². The van der Waals surface area contributed by atoms with Gasteiger partial charge in [-0.2, -0.15) is 0 Å². The molecule has 2 heterocycles. The molecule has 2 aliphatic carbocycles. The molecule has 6 atom stereocenters. The number of hydrogen-bond donors (Lipinski definition) is 0. The number of carbonyl (C=O) groups excluding carboxylic acids is 1. The summed E-state index contributed by atoms with van der Waals surface area (Å²) >= 11 is 0. The van der Waals surface area contributed by atoms with Gasteiger partial charge >= 0.3 is 5.97 Å². The van der Waals surface area contributed by atoms with Crippen LogP contribution in [0.15, 0.2) is 12.2 Å². The second-order valence-electron chi connectivity index (χ2n) is 9.24. The van der Waals surface area contributed by atoms with Gasteiger partial charge in [0, 0.05) is 18.5 Å². The minimum Gasteiger partial charge on any atom is -0.462 e. The molecular formula is C21H33NO2. The molecule has 4 rings (SSSR count). The van der Waals surface area contributed by atoms with Crippen LogP contribution in [0, 0.1) is 23.2 Å². The van der Waals surface area contributed by atoms with Crippen LogP contribution < -0.4 is 0 Å². The van der Waals surface area contributed by atoms with E-state index >= 15 is 0 Å². The maximum absolute atomic E-state index is 12.6. The van der Waals surface area contributed by atoms with Crippen LogP contribution in [0.5, 0.6) is 0 Å². The summed E-state index contributed by atoms with van der Waals surface area (Å²) in [5.74, 6) is 1.19. The Bertz CT molecular complexity index is 530. The van der Waals surface area contributed by atoms with Gasteiger partial charge in [0.05, 0.1) is 5.92 Å². The highest BCUT2D eigenvalue weighted by Crippen LogP contribution is 2.57. The highest BCUT2D eigenvalue weighted by Gasteiger charge is 2.55. The first-order valence-corrected chi connectivity index (χ1v) is 10.1. The molecule has 0 radical (unpaired) electrons. The van der Waals surface area contributed by atoms with Gasteiger partial charge in [0.25, 0.3) is 0 Å². The largest absolute Gasteiger partial charge is 0.462 e. The molecule has 24 heavy (non-hydrogen) atoms. The van der Waals surface area contributed by atoms with Crippen molar-refractivity contribution in [2.45, 2.75) is 77.4 Å². The van der Waals surface area contributed by atoms with Crippen molar-refractivity contribution in [1.29, 1.82) is 0 Å². The molecule has 0 aromatic carbocycles. The standard InChI is InChI=1S/C21H33NO2/c1-14-7-6-9-21(3)12-19-16(11-18(14)21)17(20(23)24-19)13-22-10-5-4-8-15(22)2/h15-19H,1,4-13H2,2-3H3/t15-,16+,17+,18-,19+,21+/m0/s1. The number of likely N-dealkylation sites (tertiary alicyclic amines) is 1. The van der Waals surface area contributed by atoms with E-state index in [1.54, 1.807) is 0 Å². The first kappa shape index (κ1) is 16.6. The van der Waals surface area contributed by atoms with E-state index in [1.807, 2.05) is 0 Å². The molecule has 4 fully saturated rings. The molecule has 2 aliphatic heterocycles. The third-order valence-electron chi connectivity index (χ3n) is 7.69. The Morgan fingerprint density at radius 1 is 1.33 bits per heavy atom. The molecule has 2 saturated carbocycles. The Hall–Kier alpha value is -0.830. The molecule has 0 spiro atoms. The van der Waals surface area contributed by atoms with Gasteiger partial charge < -0.3 is 4.74 Å². The molecule has 3 heteroatoms. The van der Waals surface area contributed by atoms with Crippen molar-refractivity contribution in [2.75, 3.05) is 13.1 Å². The Morgan fingerprint density at radius 3 is 2.96 bits per heavy atom. The molecule has 4 aliphatic rings. The van der Waals surface area contributed by atoms with Crippen molar-refractivity contribution in [2.24, 2.45) is 23.2 Å². The highest BCUT2D eigenvalue weighted by atomic mass is 16.6. The molecule has 0 N–H and O–H groups in total. The lowest BCUT2D eigenvalue weighted by Gasteiger charge is -2.50. The molecule has 0 bridgehead atoms. The van der Waals surface area contributed by atoms with Gasteiger partial charge in [-0.25, -0.2) is 0 Å². The Morgan fingerprint density at radius 2 is 2.17 bits per heavy atom. The predicted molar refractivity (Wildman–Crippen MR) is 95.6 cm³/mol. The molecule has 0 aromatic heterocycles. The fourth-order valence-electron chi connectivity index (χ4n) is 6.15. The van der Waals surface area contributed by atoms with Crippen LogP contribution in [0.2, 0.25) is 0 Å². The van der Waals surface area contributed by atoms with Gasteiger partial charge in [-0.15, -0.1) is 0 Å². The van der Waals surface area contributed by atoms with E-state index in [-0.39, 0.29) is 18.0 Å². The zero-order valence-corrected chi connectivity index (χ0v) is 15.4. The maximum Gasteiger partial charge on any atom is 0.310 e. The van der Waals surface area contributed by atoms with E-state index in [0.29, 0.717) is 23.3 Å². The molecular weight excluding hydrogens is 298 g/mol. The van der Waals surface area contributed by atoms with Gasteiger partial charge in [-0.1, -0.05) is 25.5 Å². The van der Waals surface area contributed by atoms with Crippen molar-refractivity contribution in [1.82, 2.24) is 4.90 Å². The summed E-state index contributed by atoms with van der Waals surface area (Å²) in [6.45, 7) is 11.2. The average Bonchev–Trinajstić information content (AvgIpc) is 2.82. The van der Waals surface area contributed by atoms with E-state index < -0.39 is 0 Å². The molecule has 0 amide bonds. The van der Waals surface area contributed by atoms with Gasteiger partial charge in [0.2, 0.25) is 0 Å². The van der Waals surface area contributed by atoms with Gasteiger partial charge in [0.1, 0.15) is 6.10 Å². The lowest BCUT2D eigenvalue weighted by atomic mass is 9.55. The fraction of sp³-hybridized carbons (Fsp3) is 0.857. The van der Waals surface area contributed by atoms with Crippen LogP contribution in [0.4, 0.5) is 0 Å². The predicted octanol–water partition coefficient (Wildman–Crippen LogP) is 4.18. The van der Waals surface area contributed by atoms with Gasteiger partial charge in [-0.05, 0) is 69.7 Å². The number of piperidine rings is 1. The Labute approximate surface area is 146 Å². The highest BCUT2D eigenvalue weighted by molar-refractivity contribution is 5.75. The van der Waals surface area contributed by atoms with Crippen molar-refractivity contribution < 1.29 is 9.53 Å². The summed E-state index contributed by atoms with van der Waals surface area (Å²) in [6.07, 6.45) is 9.93. The number of ether oxygens (including phenoxy) is 1. The maximum atomic E-state index is 12.6. The number of rotatable bonds is 2. The molecule has 0 aromatic rings. The van der Waals surface area contributed by atoms with Crippen LogP contribution >= 0.6 is 0 Å². The summed E-state index contributed by atoms with van der Waals surface area (Å²) in [7, 11) is 0. The SMILES string of the molecule is C=C1CCC[C@]2(C)C[C@H]3OC(=O)[C@H](CN4CCCC[C@@H]4C)[C@H]3C[C@@H]12. The minimum atomic E-state index is 0.0793. The summed E-state index contributed by atoms with van der Waals surface area (Å²) < 4.78 is 5.91. The van der Waals surface area contributed by atoms with E-state index in [9.17, 15) is 4.79 Å². The second kappa shape index (κ2) is 6.16. The third-order valence-corrected chi connectivity index (χ3v) is 7.69. The lowest BCUT2D eigenvalue weighted by Crippen LogP contribution is -2.47. The lowest BCUT2D eigenvalue weighted by molar-refractivity contribution is -0.146. The summed E-state index contributed by atoms with van der Waals surface area (Å²) in [4.78, 5) is 15.2. The summed E-state index contributed by atoms with van der Waals surface area (Å²) in [5, 5.41) is 0. The third kappa shape index (κ3) is 2.73. The number of allylic oxidation sites excluding steroid dienone is 1. The van der Waals surface area contributed by atoms with Crippen LogP contribution in [-0.2, 0) is 9.53 Å². The monoisotopic (exact) mass is 331 g/mol. The van der Waals surface area contributed by atoms with E-state index in [4.69, 9.17) is 4.74 Å². The molecule has 134 valence electrons. The van der Waals surface area contributed by atoms with Crippen LogP contribution in [0.1, 0.15) is 65.2 Å². The van der Waals surface area contributed by atoms with Crippen LogP contribution in [0.3, 0.4) is 0 Å². The zero-order chi connectivity index (χ0) is 16.9. The zero-order valence-electron chi connectivity index (χ0n) is 15.4. The molecule has 0 unspecified atom stereocenters. The summed E-state index contributed by atoms with van der Waals surface area (Å²) in [5.41, 5.74) is 1.75. The van der Waals surface area contributed by atoms with Crippen molar-refractivity contribution >= 4 is 5.97 Å². The van der Waals surface area contributed by atoms with E-state index in [0.717, 1.165) is 25.9 Å². The van der Waals surface area contributed by atoms with E-state index in [1.165, 1.54) is 44.1 Å². The number of hydrogen-bond acceptors (Lipinski definition) is 3. The number of esters is 1. The van der Waals surface area contributed by atoms with E-state index in [2.05, 4.69) is 25.3 Å². The molecule has 2 saturated heterocycles. The second-order valence-corrected chi connectivity index (χ2v) is 9.24. The number of carbonyl (C=O) groups is 1. The van der Waals surface area contributed by atoms with Crippen molar-refractivity contribution in [3.8, 4) is 0 Å². The smallest absolute Gasteiger partial charge is 0.310 e. The van der Waals surface area contributed by atoms with Gasteiger partial charge in [0.15, 0.2) is 0 Å². The first-order valence-electron chi connectivity index (χ1n) is 10.1. The normalized spacial score (nSPS) is 46.3. The quantitative estimate of drug-likeness (QED) is 0.562.